The maximum atomic E-state index is 16.2. The van der Waals surface area contributed by atoms with E-state index in [0.29, 0.717) is 43.2 Å². The highest BCUT2D eigenvalue weighted by atomic mass is 19.1. The van der Waals surface area contributed by atoms with E-state index in [1.807, 2.05) is 6.20 Å². The van der Waals surface area contributed by atoms with Crippen molar-refractivity contribution in [1.82, 2.24) is 25.3 Å². The van der Waals surface area contributed by atoms with Gasteiger partial charge in [-0.15, -0.1) is 0 Å². The van der Waals surface area contributed by atoms with Gasteiger partial charge in [0.1, 0.15) is 12.0 Å². The van der Waals surface area contributed by atoms with Gasteiger partial charge in [0.25, 0.3) is 5.91 Å². The van der Waals surface area contributed by atoms with Crippen molar-refractivity contribution in [3.63, 3.8) is 0 Å². The predicted octanol–water partition coefficient (Wildman–Crippen LogP) is 2.69. The van der Waals surface area contributed by atoms with Gasteiger partial charge >= 0.3 is 0 Å². The van der Waals surface area contributed by atoms with Gasteiger partial charge in [-0.3, -0.25) is 14.4 Å². The van der Waals surface area contributed by atoms with Crippen LogP contribution >= 0.6 is 0 Å². The number of halogens is 1. The number of likely N-dealkylation sites (tertiary alicyclic amines) is 2. The topological polar surface area (TPSA) is 94.2 Å². The number of morpholine rings is 1. The summed E-state index contributed by atoms with van der Waals surface area (Å²) in [6, 6.07) is -0.380. The Morgan fingerprint density at radius 3 is 2.57 bits per heavy atom. The normalized spacial score (nSPS) is 44.0. The molecule has 0 spiro atoms. The SMILES string of the molecule is CN1CCCC1CCNC(=O)C1=CN2C3CC4C(CC3OC3C(NCCN5CCCC5)C(F)CC(C1=O)C32)C(=O)C1CCCCC14. The Labute approximate surface area is 273 Å². The Balaban J connectivity index is 1.06. The zero-order chi connectivity index (χ0) is 31.5. The van der Waals surface area contributed by atoms with E-state index in [0.717, 1.165) is 64.7 Å². The molecule has 4 aliphatic heterocycles. The molecule has 7 fully saturated rings. The molecule has 8 aliphatic rings. The van der Waals surface area contributed by atoms with Crippen molar-refractivity contribution in [3.8, 4) is 0 Å². The summed E-state index contributed by atoms with van der Waals surface area (Å²) in [5, 5.41) is 6.59. The second-order valence-electron chi connectivity index (χ2n) is 16.0. The van der Waals surface area contributed by atoms with E-state index in [9.17, 15) is 14.4 Å². The molecular formula is C36H54FN5O4. The average Bonchev–Trinajstić information content (AvgIpc) is 3.79. The minimum Gasteiger partial charge on any atom is -0.369 e. The van der Waals surface area contributed by atoms with Gasteiger partial charge in [-0.1, -0.05) is 12.8 Å². The lowest BCUT2D eigenvalue weighted by Gasteiger charge is -2.60. The summed E-state index contributed by atoms with van der Waals surface area (Å²) in [5.74, 6) is 0.204. The van der Waals surface area contributed by atoms with E-state index in [-0.39, 0.29) is 53.7 Å². The summed E-state index contributed by atoms with van der Waals surface area (Å²) in [6.45, 7) is 5.34. The quantitative estimate of drug-likeness (QED) is 0.392. The maximum absolute atomic E-state index is 16.2. The smallest absolute Gasteiger partial charge is 0.256 e. The van der Waals surface area contributed by atoms with Crippen LogP contribution in [0.3, 0.4) is 0 Å². The molecule has 254 valence electrons. The number of ketones is 2. The average molecular weight is 640 g/mol. The number of carbonyl (C=O) groups excluding carboxylic acids is 3. The molecule has 0 radical (unpaired) electrons. The number of rotatable bonds is 8. The van der Waals surface area contributed by atoms with Gasteiger partial charge in [0.2, 0.25) is 0 Å². The molecule has 0 aromatic heterocycles. The van der Waals surface area contributed by atoms with Crippen molar-refractivity contribution >= 4 is 17.5 Å². The largest absolute Gasteiger partial charge is 0.369 e. The second-order valence-corrected chi connectivity index (χ2v) is 16.0. The number of ether oxygens (including phenoxy) is 1. The van der Waals surface area contributed by atoms with Crippen molar-refractivity contribution in [3.05, 3.63) is 11.8 Å². The summed E-state index contributed by atoms with van der Waals surface area (Å²) >= 11 is 0. The first-order valence-corrected chi connectivity index (χ1v) is 18.7. The molecule has 4 aliphatic carbocycles. The summed E-state index contributed by atoms with van der Waals surface area (Å²) in [5.41, 5.74) is 0.174. The zero-order valence-corrected chi connectivity index (χ0v) is 27.6. The van der Waals surface area contributed by atoms with Crippen LogP contribution in [0.5, 0.6) is 0 Å². The predicted molar refractivity (Wildman–Crippen MR) is 172 cm³/mol. The number of hydrogen-bond donors (Lipinski definition) is 2. The van der Waals surface area contributed by atoms with Crippen LogP contribution in [0.15, 0.2) is 11.8 Å². The fraction of sp³-hybridized carbons (Fsp3) is 0.861. The van der Waals surface area contributed by atoms with E-state index >= 15 is 4.39 Å². The fourth-order valence-corrected chi connectivity index (χ4v) is 11.3. The minimum atomic E-state index is -1.25. The lowest BCUT2D eigenvalue weighted by Crippen LogP contribution is -2.73. The lowest BCUT2D eigenvalue weighted by atomic mass is 9.66. The molecular weight excluding hydrogens is 585 g/mol. The van der Waals surface area contributed by atoms with Crippen LogP contribution in [-0.2, 0) is 19.1 Å². The second kappa shape index (κ2) is 12.9. The summed E-state index contributed by atoms with van der Waals surface area (Å²) in [6.07, 6.45) is 11.5. The number of amides is 1. The molecule has 4 saturated carbocycles. The minimum absolute atomic E-state index is 0.0112. The van der Waals surface area contributed by atoms with Gasteiger partial charge in [0.05, 0.1) is 35.9 Å². The third-order valence-corrected chi connectivity index (χ3v) is 13.6. The van der Waals surface area contributed by atoms with Crippen LogP contribution in [0.1, 0.15) is 77.0 Å². The Hall–Kier alpha value is -1.88. The van der Waals surface area contributed by atoms with Crippen molar-refractivity contribution in [2.45, 2.75) is 120 Å². The molecule has 3 saturated heterocycles. The number of carbonyl (C=O) groups is 3. The van der Waals surface area contributed by atoms with Crippen molar-refractivity contribution < 1.29 is 23.5 Å². The third kappa shape index (κ3) is 5.47. The van der Waals surface area contributed by atoms with Gasteiger partial charge in [-0.25, -0.2) is 4.39 Å². The van der Waals surface area contributed by atoms with Crippen molar-refractivity contribution in [1.29, 1.82) is 0 Å². The van der Waals surface area contributed by atoms with E-state index in [4.69, 9.17) is 4.74 Å². The van der Waals surface area contributed by atoms with E-state index < -0.39 is 24.2 Å². The number of alkyl halides is 1. The van der Waals surface area contributed by atoms with Gasteiger partial charge in [-0.2, -0.15) is 0 Å². The van der Waals surface area contributed by atoms with Crippen LogP contribution in [0.2, 0.25) is 0 Å². The monoisotopic (exact) mass is 639 g/mol. The van der Waals surface area contributed by atoms with Crippen LogP contribution in [0.4, 0.5) is 4.39 Å². The number of hydrogen-bond acceptors (Lipinski definition) is 8. The Kier molecular flexibility index (Phi) is 8.78. The molecule has 46 heavy (non-hydrogen) atoms. The lowest BCUT2D eigenvalue weighted by molar-refractivity contribution is -0.206. The van der Waals surface area contributed by atoms with Gasteiger partial charge in [0, 0.05) is 49.6 Å². The van der Waals surface area contributed by atoms with Crippen molar-refractivity contribution in [2.24, 2.45) is 29.6 Å². The van der Waals surface area contributed by atoms with E-state index in [1.54, 1.807) is 0 Å². The first-order valence-electron chi connectivity index (χ1n) is 18.7. The number of nitrogens with one attached hydrogen (secondary N) is 2. The molecule has 10 heteroatoms. The summed E-state index contributed by atoms with van der Waals surface area (Å²) < 4.78 is 23.1. The molecule has 4 heterocycles. The van der Waals surface area contributed by atoms with Crippen molar-refractivity contribution in [2.75, 3.05) is 46.3 Å². The molecule has 12 atom stereocenters. The fourth-order valence-electron chi connectivity index (χ4n) is 11.3. The van der Waals surface area contributed by atoms with Crippen LogP contribution < -0.4 is 10.6 Å². The number of Topliss-reactive ketones (excluding diaryl/α,β-unsaturated/α-hetero) is 2. The maximum Gasteiger partial charge on any atom is 0.256 e. The van der Waals surface area contributed by atoms with E-state index in [2.05, 4.69) is 32.4 Å². The van der Waals surface area contributed by atoms with Crippen LogP contribution in [0.25, 0.3) is 0 Å². The Morgan fingerprint density at radius 2 is 1.76 bits per heavy atom. The van der Waals surface area contributed by atoms with Gasteiger partial charge in [-0.05, 0) is 103 Å². The molecule has 9 nitrogen and oxygen atoms in total. The highest BCUT2D eigenvalue weighted by molar-refractivity contribution is 6.20. The third-order valence-electron chi connectivity index (χ3n) is 13.6. The van der Waals surface area contributed by atoms with Crippen LogP contribution in [0, 0.1) is 29.6 Å². The van der Waals surface area contributed by atoms with Gasteiger partial charge < -0.3 is 30.1 Å². The van der Waals surface area contributed by atoms with E-state index in [1.165, 1.54) is 25.7 Å². The molecule has 2 N–H and O–H groups in total. The number of fused-ring (bicyclic) bond motifs is 5. The first-order chi connectivity index (χ1) is 22.4. The Bertz CT molecular complexity index is 1220. The first kappa shape index (κ1) is 31.4. The highest BCUT2D eigenvalue weighted by Crippen LogP contribution is 2.55. The standard InChI is InChI=1S/C36H54FN5O4/c1-40-13-6-7-21(40)10-11-39-36(45)27-20-42-29-18-24-22-8-2-3-9-23(22)33(43)25(24)19-30(29)46-35-31(38-12-16-41-14-4-5-15-41)28(37)17-26(32(35)42)34(27)44/h20-26,28-32,35,38H,2-19H2,1H3,(H,39,45). The number of nitrogens with zero attached hydrogens (tertiary/aromatic N) is 3. The summed E-state index contributed by atoms with van der Waals surface area (Å²) in [7, 11) is 2.13. The molecule has 8 rings (SSSR count). The highest BCUT2D eigenvalue weighted by Gasteiger charge is 2.62. The molecule has 0 bridgehead atoms. The van der Waals surface area contributed by atoms with Gasteiger partial charge in [0.15, 0.2) is 5.78 Å². The molecule has 1 amide bonds. The molecule has 12 unspecified atom stereocenters. The zero-order valence-electron chi connectivity index (χ0n) is 27.6. The van der Waals surface area contributed by atoms with Crippen LogP contribution in [-0.4, -0.2) is 121 Å². The summed E-state index contributed by atoms with van der Waals surface area (Å²) in [4.78, 5) is 48.4. The molecule has 0 aromatic carbocycles. The molecule has 0 aromatic rings. The Morgan fingerprint density at radius 1 is 0.935 bits per heavy atom.